The lowest BCUT2D eigenvalue weighted by molar-refractivity contribution is 0.102. The quantitative estimate of drug-likeness (QED) is 0.612. The summed E-state index contributed by atoms with van der Waals surface area (Å²) < 4.78 is 6.39. The molecule has 0 bridgehead atoms. The number of benzene rings is 2. The van der Waals surface area contributed by atoms with Crippen LogP contribution in [-0.2, 0) is 0 Å². The maximum absolute atomic E-state index is 12.5. The van der Waals surface area contributed by atoms with Crippen LogP contribution in [0.1, 0.15) is 29.8 Å². The Hall–Kier alpha value is -2.05. The minimum atomic E-state index is -0.156. The van der Waals surface area contributed by atoms with Crippen LogP contribution in [-0.4, -0.2) is 23.3 Å². The molecular weight excluding hydrogens is 352 g/mol. The Morgan fingerprint density at radius 2 is 1.92 bits per heavy atom. The van der Waals surface area contributed by atoms with Gasteiger partial charge in [-0.25, -0.2) is 4.98 Å². The highest BCUT2D eigenvalue weighted by Gasteiger charge is 2.14. The fraction of sp³-hybridized carbons (Fsp3) is 0.263. The predicted octanol–water partition coefficient (Wildman–Crippen LogP) is 5.37. The molecule has 0 radical (unpaired) electrons. The average molecular weight is 373 g/mol. The molecule has 4 nitrogen and oxygen atoms in total. The summed E-state index contributed by atoms with van der Waals surface area (Å²) in [6, 6.07) is 11.5. The Bertz CT molecular complexity index is 902. The molecule has 0 spiro atoms. The molecule has 25 heavy (non-hydrogen) atoms. The smallest absolute Gasteiger partial charge is 0.257 e. The molecule has 0 unspecified atom stereocenters. The highest BCUT2D eigenvalue weighted by atomic mass is 32.2. The molecule has 3 aromatic rings. The fourth-order valence-electron chi connectivity index (χ4n) is 2.45. The molecule has 0 aliphatic carbocycles. The van der Waals surface area contributed by atoms with E-state index in [9.17, 15) is 4.79 Å². The van der Waals surface area contributed by atoms with Gasteiger partial charge in [0.05, 0.1) is 11.8 Å². The molecule has 0 saturated carbocycles. The minimum Gasteiger partial charge on any atom is -0.494 e. The molecule has 1 N–H and O–H groups in total. The third kappa shape index (κ3) is 3.96. The molecule has 130 valence electrons. The number of hydrogen-bond donors (Lipinski definition) is 1. The van der Waals surface area contributed by atoms with E-state index in [0.717, 1.165) is 20.7 Å². The van der Waals surface area contributed by atoms with Crippen molar-refractivity contribution in [2.75, 3.05) is 12.4 Å². The van der Waals surface area contributed by atoms with Gasteiger partial charge in [-0.05, 0) is 42.8 Å². The summed E-state index contributed by atoms with van der Waals surface area (Å²) >= 11 is 3.24. The first-order valence-corrected chi connectivity index (χ1v) is 9.69. The summed E-state index contributed by atoms with van der Waals surface area (Å²) in [6.45, 7) is 6.32. The van der Waals surface area contributed by atoms with Crippen molar-refractivity contribution in [3.63, 3.8) is 0 Å². The normalized spacial score (nSPS) is 11.1. The summed E-state index contributed by atoms with van der Waals surface area (Å²) in [6.07, 6.45) is 0. The second kappa shape index (κ2) is 7.45. The molecule has 0 saturated heterocycles. The first kappa shape index (κ1) is 17.8. The van der Waals surface area contributed by atoms with Gasteiger partial charge in [0.1, 0.15) is 11.3 Å². The monoisotopic (exact) mass is 372 g/mol. The summed E-state index contributed by atoms with van der Waals surface area (Å²) in [5.74, 6) is 0.559. The number of nitrogens with zero attached hydrogens (tertiary/aromatic N) is 1. The van der Waals surface area contributed by atoms with Crippen LogP contribution < -0.4 is 10.1 Å². The Morgan fingerprint density at radius 3 is 2.56 bits per heavy atom. The number of rotatable bonds is 5. The van der Waals surface area contributed by atoms with Gasteiger partial charge in [0.2, 0.25) is 0 Å². The number of carbonyl (C=O) groups excluding carboxylic acids is 1. The SMILES string of the molecule is COc1ccc(C)c2sc(NC(=O)c3ccc(SC(C)C)cc3)nc12. The minimum absolute atomic E-state index is 0.156. The van der Waals surface area contributed by atoms with Crippen LogP contribution in [0, 0.1) is 6.92 Å². The second-order valence-electron chi connectivity index (χ2n) is 5.93. The van der Waals surface area contributed by atoms with E-state index in [2.05, 4.69) is 24.1 Å². The zero-order valence-corrected chi connectivity index (χ0v) is 16.3. The second-order valence-corrected chi connectivity index (χ2v) is 8.58. The van der Waals surface area contributed by atoms with E-state index >= 15 is 0 Å². The van der Waals surface area contributed by atoms with Crippen molar-refractivity contribution >= 4 is 44.4 Å². The number of nitrogens with one attached hydrogen (secondary N) is 1. The van der Waals surface area contributed by atoms with Crippen molar-refractivity contribution < 1.29 is 9.53 Å². The average Bonchev–Trinajstić information content (AvgIpc) is 3.00. The van der Waals surface area contributed by atoms with Crippen molar-refractivity contribution in [3.8, 4) is 5.75 Å². The highest BCUT2D eigenvalue weighted by Crippen LogP contribution is 2.34. The predicted molar refractivity (Wildman–Crippen MR) is 106 cm³/mol. The van der Waals surface area contributed by atoms with Gasteiger partial charge >= 0.3 is 0 Å². The van der Waals surface area contributed by atoms with Gasteiger partial charge in [0.25, 0.3) is 5.91 Å². The Morgan fingerprint density at radius 1 is 1.20 bits per heavy atom. The van der Waals surface area contributed by atoms with Gasteiger partial charge in [-0.3, -0.25) is 10.1 Å². The highest BCUT2D eigenvalue weighted by molar-refractivity contribution is 7.99. The molecule has 1 heterocycles. The lowest BCUT2D eigenvalue weighted by Crippen LogP contribution is -2.11. The Labute approximate surface area is 155 Å². The van der Waals surface area contributed by atoms with E-state index in [-0.39, 0.29) is 5.91 Å². The Kier molecular flexibility index (Phi) is 5.30. The summed E-state index contributed by atoms with van der Waals surface area (Å²) in [4.78, 5) is 18.2. The molecule has 3 rings (SSSR count). The number of aryl methyl sites for hydroxylation is 1. The van der Waals surface area contributed by atoms with Gasteiger partial charge in [0.15, 0.2) is 5.13 Å². The summed E-state index contributed by atoms with van der Waals surface area (Å²) in [5, 5.41) is 3.98. The van der Waals surface area contributed by atoms with Gasteiger partial charge < -0.3 is 4.74 Å². The molecule has 0 aliphatic heterocycles. The van der Waals surface area contributed by atoms with Crippen molar-refractivity contribution in [2.24, 2.45) is 0 Å². The number of thioether (sulfide) groups is 1. The van der Waals surface area contributed by atoms with Crippen LogP contribution in [0.5, 0.6) is 5.75 Å². The number of anilines is 1. The summed E-state index contributed by atoms with van der Waals surface area (Å²) in [5.41, 5.74) is 2.52. The maximum Gasteiger partial charge on any atom is 0.257 e. The van der Waals surface area contributed by atoms with Gasteiger partial charge in [-0.1, -0.05) is 31.3 Å². The number of fused-ring (bicyclic) bond motifs is 1. The number of ether oxygens (including phenoxy) is 1. The zero-order valence-electron chi connectivity index (χ0n) is 14.6. The molecule has 1 aromatic heterocycles. The topological polar surface area (TPSA) is 51.2 Å². The van der Waals surface area contributed by atoms with Crippen LogP contribution in [0.15, 0.2) is 41.3 Å². The largest absolute Gasteiger partial charge is 0.494 e. The first-order chi connectivity index (χ1) is 12.0. The molecule has 0 atom stereocenters. The van der Waals surface area contributed by atoms with Crippen LogP contribution in [0.4, 0.5) is 5.13 Å². The number of aromatic nitrogens is 1. The molecule has 2 aromatic carbocycles. The van der Waals surface area contributed by atoms with E-state index < -0.39 is 0 Å². The van der Waals surface area contributed by atoms with Crippen molar-refractivity contribution in [1.82, 2.24) is 4.98 Å². The third-order valence-electron chi connectivity index (χ3n) is 3.63. The lowest BCUT2D eigenvalue weighted by Gasteiger charge is -2.06. The van der Waals surface area contributed by atoms with Gasteiger partial charge in [-0.2, -0.15) is 0 Å². The van der Waals surface area contributed by atoms with Gasteiger partial charge in [0, 0.05) is 15.7 Å². The number of methoxy groups -OCH3 is 1. The lowest BCUT2D eigenvalue weighted by atomic mass is 10.2. The van der Waals surface area contributed by atoms with Crippen LogP contribution in [0.25, 0.3) is 10.2 Å². The molecule has 6 heteroatoms. The van der Waals surface area contributed by atoms with Crippen LogP contribution in [0.2, 0.25) is 0 Å². The van der Waals surface area contributed by atoms with Crippen molar-refractivity contribution in [1.29, 1.82) is 0 Å². The molecular formula is C19H20N2O2S2. The molecule has 1 amide bonds. The summed E-state index contributed by atoms with van der Waals surface area (Å²) in [7, 11) is 1.62. The number of hydrogen-bond acceptors (Lipinski definition) is 5. The van der Waals surface area contributed by atoms with Gasteiger partial charge in [-0.15, -0.1) is 11.8 Å². The van der Waals surface area contributed by atoms with E-state index in [1.165, 1.54) is 11.3 Å². The van der Waals surface area contributed by atoms with Crippen molar-refractivity contribution in [2.45, 2.75) is 30.9 Å². The number of carbonyl (C=O) groups is 1. The number of thiazole rings is 1. The molecule has 0 aliphatic rings. The van der Waals surface area contributed by atoms with E-state index in [1.54, 1.807) is 18.9 Å². The van der Waals surface area contributed by atoms with Crippen LogP contribution in [0.3, 0.4) is 0 Å². The van der Waals surface area contributed by atoms with Crippen LogP contribution >= 0.6 is 23.1 Å². The zero-order chi connectivity index (χ0) is 18.0. The van der Waals surface area contributed by atoms with E-state index in [0.29, 0.717) is 21.7 Å². The maximum atomic E-state index is 12.5. The Balaban J connectivity index is 1.81. The standard InChI is InChI=1S/C19H20N2O2S2/c1-11(2)24-14-8-6-13(7-9-14)18(22)21-19-20-16-15(23-4)10-5-12(3)17(16)25-19/h5-11H,1-4H3,(H,20,21,22). The van der Waals surface area contributed by atoms with E-state index in [1.807, 2.05) is 43.3 Å². The number of amides is 1. The fourth-order valence-corrected chi connectivity index (χ4v) is 4.24. The van der Waals surface area contributed by atoms with E-state index in [4.69, 9.17) is 4.74 Å². The first-order valence-electron chi connectivity index (χ1n) is 8.00. The third-order valence-corrected chi connectivity index (χ3v) is 5.75. The molecule has 0 fully saturated rings. The van der Waals surface area contributed by atoms with Crippen molar-refractivity contribution in [3.05, 3.63) is 47.5 Å².